The topological polar surface area (TPSA) is 12.0 Å². The number of benzene rings is 1. The van der Waals surface area contributed by atoms with Crippen LogP contribution >= 0.6 is 27.3 Å². The van der Waals surface area contributed by atoms with Crippen LogP contribution in [0.2, 0.25) is 0 Å². The highest BCUT2D eigenvalue weighted by atomic mass is 79.9. The summed E-state index contributed by atoms with van der Waals surface area (Å²) in [5.41, 5.74) is 4.61. The Kier molecular flexibility index (Phi) is 5.15. The van der Waals surface area contributed by atoms with E-state index in [0.29, 0.717) is 6.04 Å². The van der Waals surface area contributed by atoms with E-state index in [4.69, 9.17) is 0 Å². The van der Waals surface area contributed by atoms with Gasteiger partial charge in [0.25, 0.3) is 0 Å². The lowest BCUT2D eigenvalue weighted by Crippen LogP contribution is -2.23. The molecule has 3 rings (SSSR count). The molecule has 1 N–H and O–H groups in total. The standard InChI is InChI=1S/C18H22BrNS/c1-2-10-20-16(17-8-9-18(19)21-17)12-13-6-7-14-4-3-5-15(14)11-13/h6-9,11,16,20H,2-5,10,12H2,1H3. The lowest BCUT2D eigenvalue weighted by molar-refractivity contribution is 0.536. The highest BCUT2D eigenvalue weighted by Gasteiger charge is 2.16. The maximum Gasteiger partial charge on any atom is 0.0701 e. The van der Waals surface area contributed by atoms with Gasteiger partial charge in [-0.25, -0.2) is 0 Å². The normalized spacial score (nSPS) is 15.1. The van der Waals surface area contributed by atoms with Crippen molar-refractivity contribution in [3.05, 3.63) is 55.7 Å². The molecule has 0 saturated carbocycles. The minimum absolute atomic E-state index is 0.431. The van der Waals surface area contributed by atoms with E-state index in [1.54, 1.807) is 11.1 Å². The van der Waals surface area contributed by atoms with E-state index in [-0.39, 0.29) is 0 Å². The molecule has 0 fully saturated rings. The van der Waals surface area contributed by atoms with Crippen LogP contribution in [0.5, 0.6) is 0 Å². The number of halogens is 1. The number of hydrogen-bond acceptors (Lipinski definition) is 2. The highest BCUT2D eigenvalue weighted by molar-refractivity contribution is 9.11. The number of thiophene rings is 1. The van der Waals surface area contributed by atoms with Crippen LogP contribution in [-0.4, -0.2) is 6.54 Å². The third-order valence-corrected chi connectivity index (χ3v) is 5.92. The van der Waals surface area contributed by atoms with Crippen molar-refractivity contribution in [1.29, 1.82) is 0 Å². The van der Waals surface area contributed by atoms with Crippen molar-refractivity contribution in [1.82, 2.24) is 5.32 Å². The van der Waals surface area contributed by atoms with E-state index in [0.717, 1.165) is 13.0 Å². The Morgan fingerprint density at radius 2 is 2.05 bits per heavy atom. The van der Waals surface area contributed by atoms with E-state index in [1.165, 1.54) is 39.9 Å². The Hall–Kier alpha value is -0.640. The molecule has 112 valence electrons. The molecule has 0 amide bonds. The van der Waals surface area contributed by atoms with Gasteiger partial charge in [-0.2, -0.15) is 0 Å². The fourth-order valence-corrected chi connectivity index (χ4v) is 4.59. The molecular weight excluding hydrogens is 342 g/mol. The zero-order valence-electron chi connectivity index (χ0n) is 12.5. The van der Waals surface area contributed by atoms with E-state index >= 15 is 0 Å². The summed E-state index contributed by atoms with van der Waals surface area (Å²) in [7, 11) is 0. The van der Waals surface area contributed by atoms with Gasteiger partial charge in [-0.05, 0) is 83.4 Å². The quantitative estimate of drug-likeness (QED) is 0.735. The molecule has 1 aliphatic carbocycles. The number of aryl methyl sites for hydroxylation is 2. The maximum absolute atomic E-state index is 3.70. The van der Waals surface area contributed by atoms with Gasteiger partial charge in [-0.15, -0.1) is 11.3 Å². The number of rotatable bonds is 6. The molecule has 0 spiro atoms. The van der Waals surface area contributed by atoms with Crippen molar-refractivity contribution >= 4 is 27.3 Å². The van der Waals surface area contributed by atoms with Crippen molar-refractivity contribution in [3.63, 3.8) is 0 Å². The molecule has 21 heavy (non-hydrogen) atoms. The summed E-state index contributed by atoms with van der Waals surface area (Å²) in [6.45, 7) is 3.30. The molecule has 3 heteroatoms. The molecule has 0 aliphatic heterocycles. The molecule has 2 aromatic rings. The Labute approximate surface area is 139 Å². The highest BCUT2D eigenvalue weighted by Crippen LogP contribution is 2.30. The van der Waals surface area contributed by atoms with Gasteiger partial charge in [0, 0.05) is 10.9 Å². The van der Waals surface area contributed by atoms with E-state index < -0.39 is 0 Å². The van der Waals surface area contributed by atoms with Crippen LogP contribution in [0.15, 0.2) is 34.1 Å². The zero-order valence-corrected chi connectivity index (χ0v) is 14.9. The van der Waals surface area contributed by atoms with E-state index in [1.807, 2.05) is 11.3 Å². The first-order chi connectivity index (χ1) is 10.3. The predicted molar refractivity (Wildman–Crippen MR) is 95.2 cm³/mol. The fraction of sp³-hybridized carbons (Fsp3) is 0.444. The lowest BCUT2D eigenvalue weighted by atomic mass is 10.00. The molecule has 1 aromatic carbocycles. The molecular formula is C18H22BrNS. The molecule has 0 saturated heterocycles. The van der Waals surface area contributed by atoms with Crippen LogP contribution in [-0.2, 0) is 19.3 Å². The Morgan fingerprint density at radius 3 is 2.81 bits per heavy atom. The SMILES string of the molecule is CCCNC(Cc1ccc2c(c1)CCC2)c1ccc(Br)s1. The summed E-state index contributed by atoms with van der Waals surface area (Å²) in [6, 6.07) is 11.9. The van der Waals surface area contributed by atoms with Crippen LogP contribution in [0.4, 0.5) is 0 Å². The fourth-order valence-electron chi connectivity index (χ4n) is 3.10. The largest absolute Gasteiger partial charge is 0.309 e. The summed E-state index contributed by atoms with van der Waals surface area (Å²) >= 11 is 5.43. The van der Waals surface area contributed by atoms with Crippen molar-refractivity contribution in [3.8, 4) is 0 Å². The van der Waals surface area contributed by atoms with Gasteiger partial charge >= 0.3 is 0 Å². The van der Waals surface area contributed by atoms with Crippen LogP contribution in [0.1, 0.15) is 47.4 Å². The smallest absolute Gasteiger partial charge is 0.0701 e. The summed E-state index contributed by atoms with van der Waals surface area (Å²) in [6.07, 6.45) is 6.12. The van der Waals surface area contributed by atoms with Crippen LogP contribution in [0.25, 0.3) is 0 Å². The van der Waals surface area contributed by atoms with Crippen LogP contribution in [0.3, 0.4) is 0 Å². The molecule has 1 aliphatic rings. The minimum atomic E-state index is 0.431. The Bertz CT molecular complexity index is 605. The van der Waals surface area contributed by atoms with E-state index in [9.17, 15) is 0 Å². The maximum atomic E-state index is 3.70. The molecule has 1 heterocycles. The molecule has 1 atom stereocenters. The zero-order chi connectivity index (χ0) is 14.7. The van der Waals surface area contributed by atoms with Crippen LogP contribution in [0, 0.1) is 0 Å². The first-order valence-electron chi connectivity index (χ1n) is 7.85. The van der Waals surface area contributed by atoms with Crippen LogP contribution < -0.4 is 5.32 Å². The van der Waals surface area contributed by atoms with Crippen molar-refractivity contribution in [2.75, 3.05) is 6.54 Å². The van der Waals surface area contributed by atoms with Gasteiger partial charge in [0.15, 0.2) is 0 Å². The monoisotopic (exact) mass is 363 g/mol. The number of nitrogens with one attached hydrogen (secondary N) is 1. The molecule has 1 aromatic heterocycles. The lowest BCUT2D eigenvalue weighted by Gasteiger charge is -2.18. The second-order valence-corrected chi connectivity index (χ2v) is 8.30. The summed E-state index contributed by atoms with van der Waals surface area (Å²) in [5, 5.41) is 3.70. The molecule has 0 bridgehead atoms. The van der Waals surface area contributed by atoms with E-state index in [2.05, 4.69) is 58.5 Å². The average Bonchev–Trinajstić information content (AvgIpc) is 3.11. The molecule has 1 unspecified atom stereocenters. The average molecular weight is 364 g/mol. The Morgan fingerprint density at radius 1 is 1.19 bits per heavy atom. The third kappa shape index (κ3) is 3.77. The van der Waals surface area contributed by atoms with Crippen molar-refractivity contribution in [2.45, 2.75) is 45.1 Å². The van der Waals surface area contributed by atoms with Crippen molar-refractivity contribution < 1.29 is 0 Å². The first-order valence-corrected chi connectivity index (χ1v) is 9.46. The van der Waals surface area contributed by atoms with Gasteiger partial charge in [0.2, 0.25) is 0 Å². The Balaban J connectivity index is 1.77. The third-order valence-electron chi connectivity index (χ3n) is 4.18. The number of hydrogen-bond donors (Lipinski definition) is 1. The first kappa shape index (κ1) is 15.3. The number of fused-ring (bicyclic) bond motifs is 1. The van der Waals surface area contributed by atoms with Gasteiger partial charge in [0.05, 0.1) is 3.79 Å². The van der Waals surface area contributed by atoms with Crippen molar-refractivity contribution in [2.24, 2.45) is 0 Å². The van der Waals surface area contributed by atoms with Gasteiger partial charge in [-0.3, -0.25) is 0 Å². The second kappa shape index (κ2) is 7.08. The second-order valence-electron chi connectivity index (χ2n) is 5.81. The predicted octanol–water partition coefficient (Wildman–Crippen LogP) is 5.28. The van der Waals surface area contributed by atoms with Gasteiger partial charge < -0.3 is 5.32 Å². The molecule has 1 nitrogen and oxygen atoms in total. The minimum Gasteiger partial charge on any atom is -0.309 e. The summed E-state index contributed by atoms with van der Waals surface area (Å²) < 4.78 is 1.22. The van der Waals surface area contributed by atoms with Gasteiger partial charge in [0.1, 0.15) is 0 Å². The summed E-state index contributed by atoms with van der Waals surface area (Å²) in [5.74, 6) is 0. The summed E-state index contributed by atoms with van der Waals surface area (Å²) in [4.78, 5) is 1.43. The molecule has 0 radical (unpaired) electrons. The van der Waals surface area contributed by atoms with Gasteiger partial charge in [-0.1, -0.05) is 25.1 Å².